The van der Waals surface area contributed by atoms with Crippen LogP contribution < -0.4 is 0 Å². The van der Waals surface area contributed by atoms with Gasteiger partial charge in [0, 0.05) is 5.92 Å². The van der Waals surface area contributed by atoms with Crippen LogP contribution in [0.3, 0.4) is 0 Å². The van der Waals surface area contributed by atoms with Crippen molar-refractivity contribution in [3.05, 3.63) is 0 Å². The largest absolute Gasteiger partial charge is 0.281 e. The van der Waals surface area contributed by atoms with Crippen molar-refractivity contribution in [3.8, 4) is 0 Å². The highest BCUT2D eigenvalue weighted by molar-refractivity contribution is 6.63. The van der Waals surface area contributed by atoms with E-state index < -0.39 is 0 Å². The lowest BCUT2D eigenvalue weighted by Crippen LogP contribution is -2.08. The minimum absolute atomic E-state index is 0.112. The van der Waals surface area contributed by atoms with Gasteiger partial charge in [-0.05, 0) is 24.4 Å². The fourth-order valence-corrected chi connectivity index (χ4v) is 2.75. The van der Waals surface area contributed by atoms with Crippen LogP contribution in [-0.2, 0) is 4.79 Å². The van der Waals surface area contributed by atoms with Gasteiger partial charge >= 0.3 is 0 Å². The molecule has 0 saturated heterocycles. The number of carbonyl (C=O) groups is 1. The summed E-state index contributed by atoms with van der Waals surface area (Å²) in [4.78, 5) is 11.3. The molecular weight excluding hydrogens is 256 g/mol. The quantitative estimate of drug-likeness (QED) is 0.264. The SMILES string of the molecule is CCCCCCCCCCC(CCCCC)C(=O)Cl. The van der Waals surface area contributed by atoms with Crippen molar-refractivity contribution < 1.29 is 4.79 Å². The number of hydrogen-bond donors (Lipinski definition) is 0. The first-order valence-corrected chi connectivity index (χ1v) is 8.79. The predicted octanol–water partition coefficient (Wildman–Crippen LogP) is 6.48. The highest BCUT2D eigenvalue weighted by atomic mass is 35.5. The lowest BCUT2D eigenvalue weighted by atomic mass is 9.95. The van der Waals surface area contributed by atoms with Gasteiger partial charge in [-0.25, -0.2) is 0 Å². The normalized spacial score (nSPS) is 12.6. The standard InChI is InChI=1S/C17H33ClO/c1-3-5-7-8-9-10-11-13-15-16(17(18)19)14-12-6-4-2/h16H,3-15H2,1-2H3. The summed E-state index contributed by atoms with van der Waals surface area (Å²) in [5.41, 5.74) is 0. The number of hydrogen-bond acceptors (Lipinski definition) is 1. The van der Waals surface area contributed by atoms with Gasteiger partial charge in [-0.1, -0.05) is 84.5 Å². The molecule has 0 rings (SSSR count). The number of halogens is 1. The first-order chi connectivity index (χ1) is 9.22. The average Bonchev–Trinajstić information content (AvgIpc) is 2.39. The molecule has 1 unspecified atom stereocenters. The Labute approximate surface area is 125 Å². The molecule has 2 heteroatoms. The van der Waals surface area contributed by atoms with Crippen molar-refractivity contribution in [2.24, 2.45) is 5.92 Å². The molecule has 0 N–H and O–H groups in total. The zero-order chi connectivity index (χ0) is 14.3. The Balaban J connectivity index is 3.45. The summed E-state index contributed by atoms with van der Waals surface area (Å²) in [5.74, 6) is 0.119. The van der Waals surface area contributed by atoms with E-state index in [4.69, 9.17) is 11.6 Å². The molecule has 0 radical (unpaired) electrons. The molecule has 0 aliphatic carbocycles. The van der Waals surface area contributed by atoms with E-state index in [1.54, 1.807) is 0 Å². The number of rotatable bonds is 14. The van der Waals surface area contributed by atoms with E-state index >= 15 is 0 Å². The van der Waals surface area contributed by atoms with Crippen molar-refractivity contribution in [1.82, 2.24) is 0 Å². The average molecular weight is 289 g/mol. The molecule has 0 bridgehead atoms. The summed E-state index contributed by atoms with van der Waals surface area (Å²) in [6.07, 6.45) is 16.1. The lowest BCUT2D eigenvalue weighted by Gasteiger charge is -2.11. The second kappa shape index (κ2) is 14.4. The highest BCUT2D eigenvalue weighted by Gasteiger charge is 2.14. The molecule has 0 aromatic carbocycles. The van der Waals surface area contributed by atoms with E-state index in [0.29, 0.717) is 0 Å². The van der Waals surface area contributed by atoms with Crippen LogP contribution in [0.15, 0.2) is 0 Å². The van der Waals surface area contributed by atoms with Gasteiger partial charge in [0.1, 0.15) is 0 Å². The molecule has 0 aromatic heterocycles. The van der Waals surface area contributed by atoms with Crippen LogP contribution in [0.4, 0.5) is 0 Å². The molecule has 0 fully saturated rings. The molecule has 1 nitrogen and oxygen atoms in total. The Bertz CT molecular complexity index is 203. The van der Waals surface area contributed by atoms with E-state index in [1.807, 2.05) is 0 Å². The van der Waals surface area contributed by atoms with Crippen LogP contribution in [0.5, 0.6) is 0 Å². The zero-order valence-corrected chi connectivity index (χ0v) is 13.8. The maximum absolute atomic E-state index is 11.3. The third-order valence-corrected chi connectivity index (χ3v) is 4.19. The van der Waals surface area contributed by atoms with E-state index in [9.17, 15) is 4.79 Å². The molecule has 0 aliphatic rings. The second-order valence-electron chi connectivity index (χ2n) is 5.76. The summed E-state index contributed by atoms with van der Waals surface area (Å²) >= 11 is 5.68. The first-order valence-electron chi connectivity index (χ1n) is 8.41. The monoisotopic (exact) mass is 288 g/mol. The summed E-state index contributed by atoms with van der Waals surface area (Å²) < 4.78 is 0. The van der Waals surface area contributed by atoms with Crippen molar-refractivity contribution >= 4 is 16.8 Å². The van der Waals surface area contributed by atoms with Crippen LogP contribution in [0.25, 0.3) is 0 Å². The fraction of sp³-hybridized carbons (Fsp3) is 0.941. The molecule has 1 atom stereocenters. The Morgan fingerprint density at radius 2 is 1.11 bits per heavy atom. The summed E-state index contributed by atoms with van der Waals surface area (Å²) in [6.45, 7) is 4.44. The Morgan fingerprint density at radius 3 is 1.58 bits per heavy atom. The molecule has 0 heterocycles. The van der Waals surface area contributed by atoms with Crippen molar-refractivity contribution in [1.29, 1.82) is 0 Å². The van der Waals surface area contributed by atoms with Gasteiger partial charge in [-0.2, -0.15) is 0 Å². The smallest absolute Gasteiger partial charge is 0.224 e. The highest BCUT2D eigenvalue weighted by Crippen LogP contribution is 2.20. The Hall–Kier alpha value is -0.0400. The van der Waals surface area contributed by atoms with Crippen LogP contribution in [-0.4, -0.2) is 5.24 Å². The van der Waals surface area contributed by atoms with Gasteiger partial charge in [0.2, 0.25) is 5.24 Å². The van der Waals surface area contributed by atoms with E-state index in [2.05, 4.69) is 13.8 Å². The summed E-state index contributed by atoms with van der Waals surface area (Å²) in [6, 6.07) is 0. The van der Waals surface area contributed by atoms with Gasteiger partial charge in [0.25, 0.3) is 0 Å². The first kappa shape index (κ1) is 19.0. The van der Waals surface area contributed by atoms with Gasteiger partial charge in [-0.3, -0.25) is 4.79 Å². The number of carbonyl (C=O) groups excluding carboxylic acids is 1. The maximum atomic E-state index is 11.3. The molecule has 0 aliphatic heterocycles. The molecule has 0 amide bonds. The maximum Gasteiger partial charge on any atom is 0.224 e. The third kappa shape index (κ3) is 12.7. The van der Waals surface area contributed by atoms with Crippen LogP contribution in [0.2, 0.25) is 0 Å². The molecule has 0 saturated carbocycles. The Kier molecular flexibility index (Phi) is 14.3. The van der Waals surface area contributed by atoms with Gasteiger partial charge in [-0.15, -0.1) is 0 Å². The van der Waals surface area contributed by atoms with Crippen LogP contribution >= 0.6 is 11.6 Å². The predicted molar refractivity (Wildman–Crippen MR) is 85.7 cm³/mol. The summed E-state index contributed by atoms with van der Waals surface area (Å²) in [5, 5.41) is -0.112. The molecule has 114 valence electrons. The lowest BCUT2D eigenvalue weighted by molar-refractivity contribution is -0.115. The van der Waals surface area contributed by atoms with E-state index in [1.165, 1.54) is 64.2 Å². The van der Waals surface area contributed by atoms with Gasteiger partial charge in [0.05, 0.1) is 0 Å². The van der Waals surface area contributed by atoms with Crippen molar-refractivity contribution in [3.63, 3.8) is 0 Å². The van der Waals surface area contributed by atoms with Crippen LogP contribution in [0.1, 0.15) is 97.3 Å². The Morgan fingerprint density at radius 1 is 0.737 bits per heavy atom. The zero-order valence-electron chi connectivity index (χ0n) is 13.1. The summed E-state index contributed by atoms with van der Waals surface area (Å²) in [7, 11) is 0. The topological polar surface area (TPSA) is 17.1 Å². The minimum Gasteiger partial charge on any atom is -0.281 e. The number of unbranched alkanes of at least 4 members (excludes halogenated alkanes) is 9. The third-order valence-electron chi connectivity index (χ3n) is 3.88. The van der Waals surface area contributed by atoms with Crippen molar-refractivity contribution in [2.75, 3.05) is 0 Å². The van der Waals surface area contributed by atoms with Crippen LogP contribution in [0, 0.1) is 5.92 Å². The second-order valence-corrected chi connectivity index (χ2v) is 6.13. The molecule has 19 heavy (non-hydrogen) atoms. The molecule has 0 spiro atoms. The van der Waals surface area contributed by atoms with Gasteiger partial charge < -0.3 is 0 Å². The minimum atomic E-state index is -0.112. The van der Waals surface area contributed by atoms with E-state index in [0.717, 1.165) is 19.3 Å². The van der Waals surface area contributed by atoms with Crippen molar-refractivity contribution in [2.45, 2.75) is 97.3 Å². The van der Waals surface area contributed by atoms with E-state index in [-0.39, 0.29) is 11.2 Å². The van der Waals surface area contributed by atoms with Gasteiger partial charge in [0.15, 0.2) is 0 Å². The molecule has 0 aromatic rings. The molecular formula is C17H33ClO. The fourth-order valence-electron chi connectivity index (χ4n) is 2.54.